The predicted molar refractivity (Wildman–Crippen MR) is 88.6 cm³/mol. The second-order valence-electron chi connectivity index (χ2n) is 5.16. The van der Waals surface area contributed by atoms with Gasteiger partial charge in [-0.3, -0.25) is 10.1 Å². The highest BCUT2D eigenvalue weighted by molar-refractivity contribution is 5.86. The Kier molecular flexibility index (Phi) is 4.88. The van der Waals surface area contributed by atoms with Crippen LogP contribution in [0, 0.1) is 10.1 Å². The van der Waals surface area contributed by atoms with Crippen LogP contribution in [0.3, 0.4) is 0 Å². The van der Waals surface area contributed by atoms with E-state index in [2.05, 4.69) is 10.2 Å². The topological polar surface area (TPSA) is 122 Å². The van der Waals surface area contributed by atoms with Gasteiger partial charge in [-0.05, 0) is 31.2 Å². The van der Waals surface area contributed by atoms with Crippen LogP contribution in [-0.4, -0.2) is 21.1 Å². The van der Waals surface area contributed by atoms with Gasteiger partial charge in [0.1, 0.15) is 10.7 Å². The molecular formula is C17H13N3O6. The van der Waals surface area contributed by atoms with E-state index in [4.69, 9.17) is 13.6 Å². The molecule has 0 saturated heterocycles. The zero-order valence-corrected chi connectivity index (χ0v) is 13.6. The minimum Gasteiger partial charge on any atom is -0.449 e. The molecule has 26 heavy (non-hydrogen) atoms. The molecule has 132 valence electrons. The molecule has 0 spiro atoms. The first-order valence-corrected chi connectivity index (χ1v) is 7.54. The molecule has 2 aromatic heterocycles. The van der Waals surface area contributed by atoms with E-state index in [1.165, 1.54) is 18.2 Å². The molecule has 0 N–H and O–H groups in total. The minimum atomic E-state index is -0.761. The number of esters is 1. The Balaban J connectivity index is 1.61. The van der Waals surface area contributed by atoms with Gasteiger partial charge in [-0.15, -0.1) is 10.2 Å². The smallest absolute Gasteiger partial charge is 0.433 e. The van der Waals surface area contributed by atoms with Gasteiger partial charge in [0.05, 0.1) is 6.07 Å². The summed E-state index contributed by atoms with van der Waals surface area (Å²) in [5, 5.41) is 18.3. The predicted octanol–water partition coefficient (Wildman–Crippen LogP) is 3.56. The van der Waals surface area contributed by atoms with Gasteiger partial charge in [0.25, 0.3) is 5.89 Å². The molecule has 0 aliphatic carbocycles. The Morgan fingerprint density at radius 1 is 1.19 bits per heavy atom. The van der Waals surface area contributed by atoms with E-state index in [1.54, 1.807) is 6.92 Å². The standard InChI is InChI=1S/C17H13N3O6/c1-11(16-18-19-17(26-16)12-5-3-2-4-6-12)24-15(21)10-8-13-7-9-14(25-13)20(22)23/h2-11H,1H3/b10-8+/t11-/m0/s1. The number of nitrogens with zero attached hydrogens (tertiary/aromatic N) is 3. The van der Waals surface area contributed by atoms with Crippen LogP contribution in [0.1, 0.15) is 24.7 Å². The van der Waals surface area contributed by atoms with Crippen molar-refractivity contribution in [2.75, 3.05) is 0 Å². The van der Waals surface area contributed by atoms with E-state index < -0.39 is 22.9 Å². The number of ether oxygens (including phenoxy) is 1. The monoisotopic (exact) mass is 355 g/mol. The molecule has 2 heterocycles. The Hall–Kier alpha value is -3.75. The van der Waals surface area contributed by atoms with Crippen molar-refractivity contribution >= 4 is 17.9 Å². The maximum absolute atomic E-state index is 11.8. The number of carbonyl (C=O) groups is 1. The van der Waals surface area contributed by atoms with Crippen molar-refractivity contribution in [3.8, 4) is 11.5 Å². The van der Waals surface area contributed by atoms with Crippen LogP contribution in [0.4, 0.5) is 5.88 Å². The summed E-state index contributed by atoms with van der Waals surface area (Å²) in [5.74, 6) is -0.465. The van der Waals surface area contributed by atoms with Crippen LogP contribution in [0.25, 0.3) is 17.5 Å². The third kappa shape index (κ3) is 4.01. The van der Waals surface area contributed by atoms with Gasteiger partial charge in [-0.25, -0.2) is 4.79 Å². The number of hydrogen-bond acceptors (Lipinski definition) is 8. The van der Waals surface area contributed by atoms with Crippen LogP contribution in [0.2, 0.25) is 0 Å². The summed E-state index contributed by atoms with van der Waals surface area (Å²) in [7, 11) is 0. The molecule has 0 amide bonds. The van der Waals surface area contributed by atoms with Crippen molar-refractivity contribution in [2.45, 2.75) is 13.0 Å². The van der Waals surface area contributed by atoms with Crippen molar-refractivity contribution in [1.29, 1.82) is 0 Å². The lowest BCUT2D eigenvalue weighted by atomic mass is 10.2. The van der Waals surface area contributed by atoms with E-state index in [0.717, 1.165) is 11.6 Å². The van der Waals surface area contributed by atoms with Crippen LogP contribution in [-0.2, 0) is 9.53 Å². The maximum atomic E-state index is 11.8. The fourth-order valence-electron chi connectivity index (χ4n) is 2.04. The van der Waals surface area contributed by atoms with Crippen molar-refractivity contribution in [3.05, 3.63) is 70.3 Å². The molecule has 0 aliphatic heterocycles. The second-order valence-corrected chi connectivity index (χ2v) is 5.16. The summed E-state index contributed by atoms with van der Waals surface area (Å²) in [5.41, 5.74) is 0.754. The van der Waals surface area contributed by atoms with Crippen LogP contribution in [0.5, 0.6) is 0 Å². The summed E-state index contributed by atoms with van der Waals surface area (Å²) in [6, 6.07) is 11.7. The van der Waals surface area contributed by atoms with E-state index in [0.29, 0.717) is 5.89 Å². The normalized spacial score (nSPS) is 12.2. The Morgan fingerprint density at radius 3 is 2.65 bits per heavy atom. The summed E-state index contributed by atoms with van der Waals surface area (Å²) in [4.78, 5) is 21.7. The third-order valence-corrected chi connectivity index (χ3v) is 3.28. The zero-order chi connectivity index (χ0) is 18.5. The lowest BCUT2D eigenvalue weighted by Gasteiger charge is -2.06. The molecule has 0 saturated carbocycles. The van der Waals surface area contributed by atoms with Gasteiger partial charge in [-0.1, -0.05) is 18.2 Å². The highest BCUT2D eigenvalue weighted by Crippen LogP contribution is 2.22. The lowest BCUT2D eigenvalue weighted by Crippen LogP contribution is -2.06. The first-order valence-electron chi connectivity index (χ1n) is 7.54. The fraction of sp³-hybridized carbons (Fsp3) is 0.118. The number of rotatable bonds is 6. The third-order valence-electron chi connectivity index (χ3n) is 3.28. The molecule has 9 heteroatoms. The van der Waals surface area contributed by atoms with Crippen molar-refractivity contribution < 1.29 is 23.3 Å². The molecule has 3 rings (SSSR count). The summed E-state index contributed by atoms with van der Waals surface area (Å²) in [6.45, 7) is 1.59. The number of benzene rings is 1. The minimum absolute atomic E-state index is 0.152. The highest BCUT2D eigenvalue weighted by Gasteiger charge is 2.18. The van der Waals surface area contributed by atoms with Crippen LogP contribution >= 0.6 is 0 Å². The van der Waals surface area contributed by atoms with Crippen LogP contribution < -0.4 is 0 Å². The van der Waals surface area contributed by atoms with Gasteiger partial charge in [-0.2, -0.15) is 0 Å². The van der Waals surface area contributed by atoms with Gasteiger partial charge in [0.2, 0.25) is 5.89 Å². The molecule has 0 bridgehead atoms. The molecule has 0 unspecified atom stereocenters. The number of carbonyl (C=O) groups excluding carboxylic acids is 1. The first kappa shape index (κ1) is 17.1. The summed E-state index contributed by atoms with van der Waals surface area (Å²) in [6.07, 6.45) is 1.60. The van der Waals surface area contributed by atoms with Gasteiger partial charge < -0.3 is 13.6 Å². The Bertz CT molecular complexity index is 944. The summed E-state index contributed by atoms with van der Waals surface area (Å²) >= 11 is 0. The maximum Gasteiger partial charge on any atom is 0.433 e. The van der Waals surface area contributed by atoms with E-state index in [-0.39, 0.29) is 11.7 Å². The molecule has 0 fully saturated rings. The average Bonchev–Trinajstić information content (AvgIpc) is 3.30. The van der Waals surface area contributed by atoms with Gasteiger partial charge in [0, 0.05) is 11.6 Å². The van der Waals surface area contributed by atoms with Gasteiger partial charge in [0.15, 0.2) is 6.10 Å². The largest absolute Gasteiger partial charge is 0.449 e. The molecule has 9 nitrogen and oxygen atoms in total. The molecule has 1 atom stereocenters. The van der Waals surface area contributed by atoms with Crippen molar-refractivity contribution in [1.82, 2.24) is 10.2 Å². The van der Waals surface area contributed by atoms with E-state index in [1.807, 2.05) is 30.3 Å². The number of aromatic nitrogens is 2. The highest BCUT2D eigenvalue weighted by atomic mass is 16.6. The molecule has 1 aromatic carbocycles. The SMILES string of the molecule is C[C@H](OC(=O)/C=C/c1ccc([N+](=O)[O-])o1)c1nnc(-c2ccccc2)o1. The number of furan rings is 1. The molecule has 0 radical (unpaired) electrons. The van der Waals surface area contributed by atoms with Crippen molar-refractivity contribution in [3.63, 3.8) is 0 Å². The van der Waals surface area contributed by atoms with Gasteiger partial charge >= 0.3 is 11.9 Å². The Morgan fingerprint density at radius 2 is 1.96 bits per heavy atom. The number of hydrogen-bond donors (Lipinski definition) is 0. The molecule has 0 aliphatic rings. The lowest BCUT2D eigenvalue weighted by molar-refractivity contribution is -0.402. The van der Waals surface area contributed by atoms with E-state index >= 15 is 0 Å². The zero-order valence-electron chi connectivity index (χ0n) is 13.6. The number of nitro groups is 1. The summed E-state index contributed by atoms with van der Waals surface area (Å²) < 4.78 is 15.6. The first-order chi connectivity index (χ1) is 12.5. The Labute approximate surface area is 147 Å². The molecular weight excluding hydrogens is 342 g/mol. The van der Waals surface area contributed by atoms with E-state index in [9.17, 15) is 14.9 Å². The quantitative estimate of drug-likeness (QED) is 0.285. The van der Waals surface area contributed by atoms with Crippen molar-refractivity contribution in [2.24, 2.45) is 0 Å². The average molecular weight is 355 g/mol. The fourth-order valence-corrected chi connectivity index (χ4v) is 2.04. The van der Waals surface area contributed by atoms with Crippen LogP contribution in [0.15, 0.2) is 57.4 Å². The molecule has 3 aromatic rings. The second kappa shape index (κ2) is 7.43.